The van der Waals surface area contributed by atoms with Crippen molar-refractivity contribution in [3.05, 3.63) is 0 Å². The molecular weight excluding hydrogens is 298 g/mol. The topological polar surface area (TPSA) is 90.9 Å². The highest BCUT2D eigenvalue weighted by atomic mass is 32.2. The van der Waals surface area contributed by atoms with Gasteiger partial charge in [-0.1, -0.05) is 0 Å². The number of carbonyl (C=O) groups excluding carboxylic acids is 1. The molecule has 1 aliphatic heterocycles. The predicted molar refractivity (Wildman–Crippen MR) is 75.1 cm³/mol. The Labute approximate surface area is 125 Å². The van der Waals surface area contributed by atoms with Crippen LogP contribution in [0.25, 0.3) is 0 Å². The lowest BCUT2D eigenvalue weighted by Crippen LogP contribution is -2.44. The van der Waals surface area contributed by atoms with Crippen molar-refractivity contribution in [3.8, 4) is 0 Å². The molecule has 7 nitrogen and oxygen atoms in total. The molecule has 0 amide bonds. The first-order chi connectivity index (χ1) is 9.95. The third-order valence-electron chi connectivity index (χ3n) is 3.79. The van der Waals surface area contributed by atoms with E-state index in [0.29, 0.717) is 38.9 Å². The summed E-state index contributed by atoms with van der Waals surface area (Å²) in [5, 5.41) is 0. The molecular formula is C13H23NO6S. The van der Waals surface area contributed by atoms with Crippen LogP contribution in [0.3, 0.4) is 0 Å². The zero-order chi connectivity index (χ0) is 15.3. The van der Waals surface area contributed by atoms with Gasteiger partial charge in [0, 0.05) is 18.9 Å². The smallest absolute Gasteiger partial charge is 0.306 e. The minimum Gasteiger partial charge on any atom is -0.466 e. The molecule has 21 heavy (non-hydrogen) atoms. The zero-order valence-electron chi connectivity index (χ0n) is 12.3. The van der Waals surface area contributed by atoms with E-state index in [1.54, 1.807) is 6.92 Å². The maximum atomic E-state index is 11.9. The second kappa shape index (κ2) is 7.04. The van der Waals surface area contributed by atoms with Crippen LogP contribution < -0.4 is 4.72 Å². The molecule has 122 valence electrons. The van der Waals surface area contributed by atoms with Crippen LogP contribution in [0.1, 0.15) is 39.0 Å². The molecule has 2 fully saturated rings. The van der Waals surface area contributed by atoms with Crippen LogP contribution in [0, 0.1) is 0 Å². The van der Waals surface area contributed by atoms with Crippen molar-refractivity contribution in [3.63, 3.8) is 0 Å². The Morgan fingerprint density at radius 2 is 1.90 bits per heavy atom. The lowest BCUT2D eigenvalue weighted by molar-refractivity contribution is -0.178. The molecule has 1 spiro atoms. The maximum absolute atomic E-state index is 11.9. The van der Waals surface area contributed by atoms with Crippen LogP contribution in [0.5, 0.6) is 0 Å². The number of sulfonamides is 1. The molecule has 1 heterocycles. The third-order valence-corrected chi connectivity index (χ3v) is 5.22. The number of ether oxygens (including phenoxy) is 3. The summed E-state index contributed by atoms with van der Waals surface area (Å²) in [6, 6.07) is -0.115. The van der Waals surface area contributed by atoms with Crippen LogP contribution in [0.15, 0.2) is 0 Å². The van der Waals surface area contributed by atoms with Crippen molar-refractivity contribution < 1.29 is 27.4 Å². The normalized spacial score (nSPS) is 22.5. The van der Waals surface area contributed by atoms with Gasteiger partial charge in [-0.05, 0) is 19.8 Å². The first-order valence-corrected chi connectivity index (χ1v) is 9.03. The van der Waals surface area contributed by atoms with Crippen molar-refractivity contribution in [2.45, 2.75) is 50.9 Å². The molecule has 1 N–H and O–H groups in total. The van der Waals surface area contributed by atoms with Gasteiger partial charge < -0.3 is 14.2 Å². The highest BCUT2D eigenvalue weighted by Crippen LogP contribution is 2.35. The van der Waals surface area contributed by atoms with Crippen molar-refractivity contribution in [2.75, 3.05) is 25.6 Å². The standard InChI is InChI=1S/C13H23NO6S/c1-2-18-12(15)5-10-21(16,17)14-11-3-6-13(7-4-11)19-8-9-20-13/h11,14H,2-10H2,1H3. The average molecular weight is 321 g/mol. The summed E-state index contributed by atoms with van der Waals surface area (Å²) in [6.45, 7) is 3.17. The molecule has 2 aliphatic rings. The number of esters is 1. The average Bonchev–Trinajstić information content (AvgIpc) is 2.88. The summed E-state index contributed by atoms with van der Waals surface area (Å²) in [7, 11) is -3.46. The van der Waals surface area contributed by atoms with E-state index in [4.69, 9.17) is 14.2 Å². The highest BCUT2D eigenvalue weighted by molar-refractivity contribution is 7.89. The van der Waals surface area contributed by atoms with Crippen LogP contribution in [0.4, 0.5) is 0 Å². The summed E-state index contributed by atoms with van der Waals surface area (Å²) in [5.74, 6) is -1.22. The predicted octanol–water partition coefficient (Wildman–Crippen LogP) is 0.545. The SMILES string of the molecule is CCOC(=O)CCS(=O)(=O)NC1CCC2(CC1)OCCO2. The van der Waals surface area contributed by atoms with Gasteiger partial charge in [-0.3, -0.25) is 4.79 Å². The summed E-state index contributed by atoms with van der Waals surface area (Å²) in [4.78, 5) is 11.2. The molecule has 0 bridgehead atoms. The number of rotatable bonds is 6. The Hall–Kier alpha value is -0.700. The summed E-state index contributed by atoms with van der Waals surface area (Å²) in [5.41, 5.74) is 0. The van der Waals surface area contributed by atoms with Gasteiger partial charge in [-0.2, -0.15) is 0 Å². The molecule has 1 aliphatic carbocycles. The molecule has 0 atom stereocenters. The molecule has 2 rings (SSSR count). The van der Waals surface area contributed by atoms with Crippen molar-refractivity contribution in [2.24, 2.45) is 0 Å². The van der Waals surface area contributed by atoms with E-state index in [0.717, 1.165) is 0 Å². The second-order valence-corrected chi connectivity index (χ2v) is 7.25. The molecule has 0 aromatic carbocycles. The number of hydrogen-bond donors (Lipinski definition) is 1. The van der Waals surface area contributed by atoms with E-state index in [1.165, 1.54) is 0 Å². The highest BCUT2D eigenvalue weighted by Gasteiger charge is 2.40. The summed E-state index contributed by atoms with van der Waals surface area (Å²) >= 11 is 0. The number of nitrogens with one attached hydrogen (secondary N) is 1. The van der Waals surface area contributed by atoms with Gasteiger partial charge in [0.15, 0.2) is 5.79 Å². The Morgan fingerprint density at radius 1 is 1.29 bits per heavy atom. The van der Waals surface area contributed by atoms with E-state index in [9.17, 15) is 13.2 Å². The fourth-order valence-corrected chi connectivity index (χ4v) is 4.02. The van der Waals surface area contributed by atoms with Gasteiger partial charge in [-0.25, -0.2) is 13.1 Å². The van der Waals surface area contributed by atoms with Gasteiger partial charge in [0.05, 0.1) is 32.0 Å². The van der Waals surface area contributed by atoms with Crippen molar-refractivity contribution >= 4 is 16.0 Å². The fraction of sp³-hybridized carbons (Fsp3) is 0.923. The Kier molecular flexibility index (Phi) is 5.59. The Morgan fingerprint density at radius 3 is 2.48 bits per heavy atom. The summed E-state index contributed by atoms with van der Waals surface area (Å²) in [6.07, 6.45) is 2.62. The first kappa shape index (κ1) is 16.7. The first-order valence-electron chi connectivity index (χ1n) is 7.38. The molecule has 0 aromatic rings. The quantitative estimate of drug-likeness (QED) is 0.718. The number of carbonyl (C=O) groups is 1. The minimum absolute atomic E-state index is 0.115. The van der Waals surface area contributed by atoms with Gasteiger partial charge in [0.2, 0.25) is 10.0 Å². The Bertz CT molecular complexity index is 447. The van der Waals surface area contributed by atoms with E-state index < -0.39 is 21.8 Å². The Balaban J connectivity index is 1.75. The lowest BCUT2D eigenvalue weighted by Gasteiger charge is -2.35. The third kappa shape index (κ3) is 4.91. The summed E-state index contributed by atoms with van der Waals surface area (Å²) < 4.78 is 42.5. The molecule has 0 radical (unpaired) electrons. The lowest BCUT2D eigenvalue weighted by atomic mass is 9.91. The van der Waals surface area contributed by atoms with E-state index in [1.807, 2.05) is 0 Å². The van der Waals surface area contributed by atoms with Crippen LogP contribution in [-0.4, -0.2) is 51.8 Å². The fourth-order valence-electron chi connectivity index (χ4n) is 2.72. The van der Waals surface area contributed by atoms with Crippen LogP contribution in [0.2, 0.25) is 0 Å². The molecule has 1 saturated heterocycles. The van der Waals surface area contributed by atoms with Crippen molar-refractivity contribution in [1.29, 1.82) is 0 Å². The van der Waals surface area contributed by atoms with E-state index >= 15 is 0 Å². The monoisotopic (exact) mass is 321 g/mol. The van der Waals surface area contributed by atoms with Gasteiger partial charge in [0.1, 0.15) is 0 Å². The van der Waals surface area contributed by atoms with Crippen LogP contribution in [-0.2, 0) is 29.0 Å². The van der Waals surface area contributed by atoms with Gasteiger partial charge >= 0.3 is 5.97 Å². The molecule has 1 saturated carbocycles. The molecule has 0 unspecified atom stereocenters. The second-order valence-electron chi connectivity index (χ2n) is 5.37. The minimum atomic E-state index is -3.46. The van der Waals surface area contributed by atoms with E-state index in [-0.39, 0.29) is 24.8 Å². The van der Waals surface area contributed by atoms with Crippen LogP contribution >= 0.6 is 0 Å². The van der Waals surface area contributed by atoms with Gasteiger partial charge in [-0.15, -0.1) is 0 Å². The number of hydrogen-bond acceptors (Lipinski definition) is 6. The molecule has 8 heteroatoms. The zero-order valence-corrected chi connectivity index (χ0v) is 13.1. The van der Waals surface area contributed by atoms with E-state index in [2.05, 4.69) is 4.72 Å². The largest absolute Gasteiger partial charge is 0.466 e. The van der Waals surface area contributed by atoms with Crippen molar-refractivity contribution in [1.82, 2.24) is 4.72 Å². The maximum Gasteiger partial charge on any atom is 0.306 e. The van der Waals surface area contributed by atoms with Gasteiger partial charge in [0.25, 0.3) is 0 Å². The molecule has 0 aromatic heterocycles.